The molecule has 84 valence electrons. The van der Waals surface area contributed by atoms with E-state index in [-0.39, 0.29) is 12.1 Å². The van der Waals surface area contributed by atoms with Gasteiger partial charge in [-0.25, -0.2) is 0 Å². The first-order chi connectivity index (χ1) is 6.94. The van der Waals surface area contributed by atoms with Crippen LogP contribution in [0, 0.1) is 0 Å². The second kappa shape index (κ2) is 4.73. The van der Waals surface area contributed by atoms with E-state index in [2.05, 4.69) is 5.32 Å². The molecule has 0 spiro atoms. The van der Waals surface area contributed by atoms with Gasteiger partial charge in [-0.05, 0) is 38.5 Å². The molecule has 3 nitrogen and oxygen atoms in total. The van der Waals surface area contributed by atoms with E-state index in [4.69, 9.17) is 22.4 Å². The predicted octanol–water partition coefficient (Wildman–Crippen LogP) is 2.50. The van der Waals surface area contributed by atoms with Crippen LogP contribution in [0.15, 0.2) is 18.2 Å². The molecule has 1 rings (SSSR count). The number of hydrogen-bond donors (Lipinski definition) is 3. The first-order valence-electron chi connectivity index (χ1n) is 4.89. The van der Waals surface area contributed by atoms with Crippen LogP contribution in [0.3, 0.4) is 0 Å². The van der Waals surface area contributed by atoms with Crippen molar-refractivity contribution in [3.63, 3.8) is 0 Å². The minimum atomic E-state index is -0.201. The number of anilines is 2. The zero-order valence-corrected chi connectivity index (χ0v) is 9.80. The van der Waals surface area contributed by atoms with Crippen molar-refractivity contribution in [1.82, 2.24) is 0 Å². The molecule has 0 saturated carbocycles. The number of hydrogen-bond acceptors (Lipinski definition) is 3. The Kier molecular flexibility index (Phi) is 3.83. The van der Waals surface area contributed by atoms with Gasteiger partial charge in [0.05, 0.1) is 11.4 Å². The molecular weight excluding hydrogens is 212 g/mol. The summed E-state index contributed by atoms with van der Waals surface area (Å²) >= 11 is 5.88. The van der Waals surface area contributed by atoms with E-state index in [9.17, 15) is 0 Å². The highest BCUT2D eigenvalue weighted by atomic mass is 35.5. The molecule has 0 atom stereocenters. The second-order valence-electron chi connectivity index (χ2n) is 4.21. The summed E-state index contributed by atoms with van der Waals surface area (Å²) in [5.41, 5.74) is 7.07. The molecular formula is C11H17ClN2O. The van der Waals surface area contributed by atoms with E-state index in [0.717, 1.165) is 5.69 Å². The van der Waals surface area contributed by atoms with Gasteiger partial charge in [0.15, 0.2) is 0 Å². The Morgan fingerprint density at radius 2 is 2.13 bits per heavy atom. The molecule has 1 aromatic carbocycles. The van der Waals surface area contributed by atoms with Gasteiger partial charge >= 0.3 is 0 Å². The zero-order valence-electron chi connectivity index (χ0n) is 9.05. The maximum Gasteiger partial charge on any atom is 0.0592 e. The highest BCUT2D eigenvalue weighted by Crippen LogP contribution is 2.26. The van der Waals surface area contributed by atoms with Crippen molar-refractivity contribution in [2.24, 2.45) is 0 Å². The van der Waals surface area contributed by atoms with Gasteiger partial charge in [0.25, 0.3) is 0 Å². The van der Waals surface area contributed by atoms with Gasteiger partial charge in [-0.15, -0.1) is 0 Å². The number of rotatable bonds is 4. The Morgan fingerprint density at radius 1 is 1.47 bits per heavy atom. The quantitative estimate of drug-likeness (QED) is 0.694. The Bertz CT molecular complexity index is 339. The van der Waals surface area contributed by atoms with Crippen LogP contribution in [0.5, 0.6) is 0 Å². The lowest BCUT2D eigenvalue weighted by molar-refractivity contribution is 0.261. The molecule has 0 heterocycles. The number of nitrogens with two attached hydrogens (primary N) is 1. The van der Waals surface area contributed by atoms with E-state index in [1.165, 1.54) is 0 Å². The average Bonchev–Trinajstić information content (AvgIpc) is 2.10. The third kappa shape index (κ3) is 3.61. The van der Waals surface area contributed by atoms with Gasteiger partial charge in [0, 0.05) is 17.2 Å². The maximum absolute atomic E-state index is 8.91. The molecule has 15 heavy (non-hydrogen) atoms. The molecule has 0 saturated heterocycles. The first-order valence-corrected chi connectivity index (χ1v) is 5.26. The molecule has 0 radical (unpaired) electrons. The van der Waals surface area contributed by atoms with E-state index in [1.54, 1.807) is 18.2 Å². The van der Waals surface area contributed by atoms with Crippen molar-refractivity contribution >= 4 is 23.0 Å². The summed E-state index contributed by atoms with van der Waals surface area (Å²) in [7, 11) is 0. The van der Waals surface area contributed by atoms with Crippen LogP contribution in [-0.4, -0.2) is 17.3 Å². The number of aliphatic hydroxyl groups excluding tert-OH is 1. The maximum atomic E-state index is 8.91. The fraction of sp³-hybridized carbons (Fsp3) is 0.455. The van der Waals surface area contributed by atoms with Gasteiger partial charge in [-0.1, -0.05) is 11.6 Å². The Labute approximate surface area is 95.2 Å². The van der Waals surface area contributed by atoms with Gasteiger partial charge in [-0.2, -0.15) is 0 Å². The van der Waals surface area contributed by atoms with Crippen LogP contribution in [0.25, 0.3) is 0 Å². The topological polar surface area (TPSA) is 58.3 Å². The molecule has 0 amide bonds. The lowest BCUT2D eigenvalue weighted by Gasteiger charge is -2.27. The molecule has 4 N–H and O–H groups in total. The normalized spacial score (nSPS) is 11.5. The molecule has 0 unspecified atom stereocenters. The summed E-state index contributed by atoms with van der Waals surface area (Å²) < 4.78 is 0. The van der Waals surface area contributed by atoms with E-state index < -0.39 is 0 Å². The molecule has 0 aliphatic rings. The third-order valence-electron chi connectivity index (χ3n) is 2.23. The van der Waals surface area contributed by atoms with E-state index >= 15 is 0 Å². The average molecular weight is 229 g/mol. The minimum Gasteiger partial charge on any atom is -0.397 e. The Balaban J connectivity index is 2.83. The molecule has 0 aliphatic carbocycles. The van der Waals surface area contributed by atoms with Crippen LogP contribution in [0.1, 0.15) is 20.3 Å². The summed E-state index contributed by atoms with van der Waals surface area (Å²) in [5.74, 6) is 0. The van der Waals surface area contributed by atoms with Gasteiger partial charge in [0.1, 0.15) is 0 Å². The minimum absolute atomic E-state index is 0.139. The largest absolute Gasteiger partial charge is 0.397 e. The third-order valence-corrected chi connectivity index (χ3v) is 2.46. The summed E-state index contributed by atoms with van der Waals surface area (Å²) in [5, 5.41) is 12.8. The van der Waals surface area contributed by atoms with Gasteiger partial charge in [-0.3, -0.25) is 0 Å². The van der Waals surface area contributed by atoms with Crippen LogP contribution in [0.4, 0.5) is 11.4 Å². The molecule has 0 fully saturated rings. The first kappa shape index (κ1) is 12.1. The van der Waals surface area contributed by atoms with Crippen molar-refractivity contribution in [3.8, 4) is 0 Å². The highest BCUT2D eigenvalue weighted by molar-refractivity contribution is 6.31. The molecule has 0 aliphatic heterocycles. The lowest BCUT2D eigenvalue weighted by atomic mass is 10.0. The summed E-state index contributed by atoms with van der Waals surface area (Å²) in [4.78, 5) is 0. The molecule has 4 heteroatoms. The van der Waals surface area contributed by atoms with Crippen molar-refractivity contribution in [1.29, 1.82) is 0 Å². The van der Waals surface area contributed by atoms with E-state index in [1.807, 2.05) is 13.8 Å². The van der Waals surface area contributed by atoms with Crippen LogP contribution in [0.2, 0.25) is 5.02 Å². The number of nitrogens with one attached hydrogen (secondary N) is 1. The van der Waals surface area contributed by atoms with Crippen LogP contribution in [-0.2, 0) is 0 Å². The van der Waals surface area contributed by atoms with Crippen molar-refractivity contribution in [3.05, 3.63) is 23.2 Å². The lowest BCUT2D eigenvalue weighted by Crippen LogP contribution is -2.32. The fourth-order valence-corrected chi connectivity index (χ4v) is 1.52. The molecule has 0 bridgehead atoms. The fourth-order valence-electron chi connectivity index (χ4n) is 1.34. The van der Waals surface area contributed by atoms with Gasteiger partial charge < -0.3 is 16.2 Å². The Morgan fingerprint density at radius 3 is 2.73 bits per heavy atom. The number of aliphatic hydroxyl groups is 1. The second-order valence-corrected chi connectivity index (χ2v) is 4.65. The summed E-state index contributed by atoms with van der Waals surface area (Å²) in [6, 6.07) is 5.30. The number of halogens is 1. The highest BCUT2D eigenvalue weighted by Gasteiger charge is 2.17. The number of benzene rings is 1. The van der Waals surface area contributed by atoms with E-state index in [0.29, 0.717) is 17.1 Å². The Hall–Kier alpha value is -0.930. The zero-order chi connectivity index (χ0) is 11.5. The molecule has 1 aromatic rings. The summed E-state index contributed by atoms with van der Waals surface area (Å²) in [6.45, 7) is 4.15. The van der Waals surface area contributed by atoms with Crippen molar-refractivity contribution in [2.45, 2.75) is 25.8 Å². The SMILES string of the molecule is CC(C)(CCO)Nc1cc(Cl)ccc1N. The summed E-state index contributed by atoms with van der Waals surface area (Å²) in [6.07, 6.45) is 0.652. The van der Waals surface area contributed by atoms with Crippen LogP contribution < -0.4 is 11.1 Å². The smallest absolute Gasteiger partial charge is 0.0592 e. The van der Waals surface area contributed by atoms with Crippen LogP contribution >= 0.6 is 11.6 Å². The van der Waals surface area contributed by atoms with Gasteiger partial charge in [0.2, 0.25) is 0 Å². The molecule has 0 aromatic heterocycles. The number of nitrogen functional groups attached to an aromatic ring is 1. The monoisotopic (exact) mass is 228 g/mol. The predicted molar refractivity (Wildman–Crippen MR) is 65.3 cm³/mol. The standard InChI is InChI=1S/C11H17ClN2O/c1-11(2,5-6-15)14-10-7-8(12)3-4-9(10)13/h3-4,7,14-15H,5-6,13H2,1-2H3. The van der Waals surface area contributed by atoms with Crippen molar-refractivity contribution < 1.29 is 5.11 Å². The van der Waals surface area contributed by atoms with Crippen molar-refractivity contribution in [2.75, 3.05) is 17.7 Å².